The fourth-order valence-corrected chi connectivity index (χ4v) is 5.41. The summed E-state index contributed by atoms with van der Waals surface area (Å²) >= 11 is 0. The molecule has 0 atom stereocenters. The van der Waals surface area contributed by atoms with Gasteiger partial charge in [-0.15, -0.1) is 0 Å². The molecule has 0 amide bonds. The highest BCUT2D eigenvalue weighted by Gasteiger charge is 2.29. The second-order valence-corrected chi connectivity index (χ2v) is 9.88. The Balaban J connectivity index is 1.26. The quantitative estimate of drug-likeness (QED) is 0.660. The van der Waals surface area contributed by atoms with Gasteiger partial charge in [0.1, 0.15) is 11.6 Å². The molecule has 1 saturated heterocycles. The lowest BCUT2D eigenvalue weighted by atomic mass is 10.1. The van der Waals surface area contributed by atoms with E-state index in [4.69, 9.17) is 4.74 Å². The third-order valence-electron chi connectivity index (χ3n) is 5.76. The van der Waals surface area contributed by atoms with Crippen LogP contribution in [0.1, 0.15) is 49.7 Å². The van der Waals surface area contributed by atoms with E-state index < -0.39 is 10.0 Å². The van der Waals surface area contributed by atoms with E-state index in [1.807, 2.05) is 12.1 Å². The van der Waals surface area contributed by atoms with Crippen molar-refractivity contribution in [3.05, 3.63) is 59.7 Å². The summed E-state index contributed by atoms with van der Waals surface area (Å²) in [7, 11) is -3.48. The van der Waals surface area contributed by atoms with Crippen LogP contribution >= 0.6 is 0 Å². The Bertz CT molecular complexity index is 1010. The average molecular weight is 442 g/mol. The first-order valence-electron chi connectivity index (χ1n) is 11.2. The summed E-state index contributed by atoms with van der Waals surface area (Å²) in [5, 5.41) is 0. The number of rotatable bonds is 7. The van der Waals surface area contributed by atoms with Crippen LogP contribution in [-0.4, -0.2) is 45.4 Å². The number of ether oxygens (including phenoxy) is 1. The van der Waals surface area contributed by atoms with Gasteiger partial charge < -0.3 is 4.74 Å². The van der Waals surface area contributed by atoms with E-state index in [0.29, 0.717) is 35.9 Å². The lowest BCUT2D eigenvalue weighted by molar-refractivity contribution is 0.239. The normalized spacial score (nSPS) is 19.9. The van der Waals surface area contributed by atoms with Gasteiger partial charge in [0.05, 0.1) is 11.5 Å². The topological polar surface area (TPSA) is 71.0 Å². The zero-order valence-corrected chi connectivity index (χ0v) is 18.7. The molecule has 4 rings (SSSR count). The summed E-state index contributed by atoms with van der Waals surface area (Å²) in [6.07, 6.45) is 7.36. The van der Waals surface area contributed by atoms with Crippen molar-refractivity contribution >= 4 is 15.9 Å². The molecule has 2 aliphatic heterocycles. The molecule has 0 unspecified atom stereocenters. The molecular weight excluding hydrogens is 410 g/mol. The molecule has 166 valence electrons. The van der Waals surface area contributed by atoms with Crippen LogP contribution in [0.3, 0.4) is 0 Å². The summed E-state index contributed by atoms with van der Waals surface area (Å²) in [5.41, 5.74) is 1.93. The first-order valence-corrected chi connectivity index (χ1v) is 12.7. The van der Waals surface area contributed by atoms with Crippen molar-refractivity contribution in [3.63, 3.8) is 0 Å². The van der Waals surface area contributed by atoms with E-state index in [2.05, 4.69) is 32.8 Å². The zero-order chi connectivity index (χ0) is 21.5. The van der Waals surface area contributed by atoms with Crippen LogP contribution in [0.4, 0.5) is 0 Å². The minimum Gasteiger partial charge on any atom is -0.494 e. The van der Waals surface area contributed by atoms with Crippen molar-refractivity contribution in [2.45, 2.75) is 50.0 Å². The summed E-state index contributed by atoms with van der Waals surface area (Å²) in [5.74, 6) is 1.30. The van der Waals surface area contributed by atoms with Crippen molar-refractivity contribution in [3.8, 4) is 5.75 Å². The summed E-state index contributed by atoms with van der Waals surface area (Å²) < 4.78 is 32.7. The fraction of sp³-hybridized carbons (Fsp3) is 0.458. The third-order valence-corrected chi connectivity index (χ3v) is 7.15. The van der Waals surface area contributed by atoms with Crippen LogP contribution in [0.2, 0.25) is 0 Å². The Hall–Kier alpha value is -2.38. The summed E-state index contributed by atoms with van der Waals surface area (Å²) in [6, 6.07) is 15.3. The molecule has 1 N–H and O–H groups in total. The number of nitrogens with one attached hydrogen (secondary N) is 1. The summed E-state index contributed by atoms with van der Waals surface area (Å²) in [4.78, 5) is 7.29. The van der Waals surface area contributed by atoms with Crippen LogP contribution in [0.15, 0.2) is 58.4 Å². The standard InChI is InChI=1S/C24H31N3O3S/c28-31(29)23-13-5-4-12-22(23)24(26-31)25-14-9-17-30-21-11-8-10-20(18-21)19-27-15-6-2-1-3-7-16-27/h4-5,8,10-13,18H,1-3,6-7,9,14-17,19H2,(H,25,26). The number of benzene rings is 2. The van der Waals surface area contributed by atoms with Crippen LogP contribution in [0, 0.1) is 0 Å². The van der Waals surface area contributed by atoms with Gasteiger partial charge in [0.2, 0.25) is 0 Å². The highest BCUT2D eigenvalue weighted by molar-refractivity contribution is 7.90. The maximum absolute atomic E-state index is 12.1. The maximum atomic E-state index is 12.1. The van der Waals surface area contributed by atoms with Crippen LogP contribution in [0.5, 0.6) is 5.75 Å². The molecule has 0 radical (unpaired) electrons. The van der Waals surface area contributed by atoms with Gasteiger partial charge in [0.25, 0.3) is 10.0 Å². The predicted molar refractivity (Wildman–Crippen MR) is 123 cm³/mol. The van der Waals surface area contributed by atoms with Gasteiger partial charge in [0.15, 0.2) is 0 Å². The van der Waals surface area contributed by atoms with Gasteiger partial charge >= 0.3 is 0 Å². The minimum absolute atomic E-state index is 0.293. The van der Waals surface area contributed by atoms with Gasteiger partial charge in [-0.05, 0) is 55.8 Å². The highest BCUT2D eigenvalue weighted by atomic mass is 32.2. The van der Waals surface area contributed by atoms with E-state index in [1.54, 1.807) is 18.2 Å². The first kappa shape index (κ1) is 21.8. The number of fused-ring (bicyclic) bond motifs is 1. The van der Waals surface area contributed by atoms with E-state index in [0.717, 1.165) is 12.3 Å². The monoisotopic (exact) mass is 441 g/mol. The van der Waals surface area contributed by atoms with E-state index in [-0.39, 0.29) is 0 Å². The fourth-order valence-electron chi connectivity index (χ4n) is 4.16. The Morgan fingerprint density at radius 1 is 0.968 bits per heavy atom. The molecule has 0 aliphatic carbocycles. The molecule has 1 fully saturated rings. The molecule has 0 saturated carbocycles. The number of hydrogen-bond donors (Lipinski definition) is 1. The van der Waals surface area contributed by atoms with Crippen molar-refractivity contribution < 1.29 is 13.2 Å². The Morgan fingerprint density at radius 2 is 1.74 bits per heavy atom. The van der Waals surface area contributed by atoms with Crippen LogP contribution < -0.4 is 9.46 Å². The van der Waals surface area contributed by atoms with Crippen LogP contribution in [0.25, 0.3) is 0 Å². The molecule has 0 aromatic heterocycles. The highest BCUT2D eigenvalue weighted by Crippen LogP contribution is 2.22. The van der Waals surface area contributed by atoms with Crippen molar-refractivity contribution in [1.29, 1.82) is 0 Å². The molecule has 6 nitrogen and oxygen atoms in total. The molecule has 2 aromatic carbocycles. The van der Waals surface area contributed by atoms with Crippen molar-refractivity contribution in [1.82, 2.24) is 9.62 Å². The third kappa shape index (κ3) is 5.86. The number of amidine groups is 1. The van der Waals surface area contributed by atoms with Gasteiger partial charge in [-0.3, -0.25) is 14.6 Å². The van der Waals surface area contributed by atoms with E-state index in [9.17, 15) is 8.42 Å². The summed E-state index contributed by atoms with van der Waals surface area (Å²) in [6.45, 7) is 4.37. The van der Waals surface area contributed by atoms with Gasteiger partial charge in [0, 0.05) is 25.1 Å². The van der Waals surface area contributed by atoms with Crippen molar-refractivity contribution in [2.75, 3.05) is 26.2 Å². The number of sulfonamides is 1. The molecular formula is C24H31N3O3S. The smallest absolute Gasteiger partial charge is 0.263 e. The second-order valence-electron chi connectivity index (χ2n) is 8.23. The van der Waals surface area contributed by atoms with Crippen molar-refractivity contribution in [2.24, 2.45) is 4.99 Å². The van der Waals surface area contributed by atoms with E-state index >= 15 is 0 Å². The lowest BCUT2D eigenvalue weighted by Gasteiger charge is -2.24. The molecule has 2 heterocycles. The largest absolute Gasteiger partial charge is 0.494 e. The first-order chi connectivity index (χ1) is 15.1. The number of nitrogens with zero attached hydrogens (tertiary/aromatic N) is 2. The Labute approximate surface area is 185 Å². The second kappa shape index (κ2) is 10.3. The zero-order valence-electron chi connectivity index (χ0n) is 17.9. The Kier molecular flexibility index (Phi) is 7.25. The van der Waals surface area contributed by atoms with Gasteiger partial charge in [-0.1, -0.05) is 43.5 Å². The number of aliphatic imine (C=N–C) groups is 1. The minimum atomic E-state index is -3.48. The Morgan fingerprint density at radius 3 is 2.58 bits per heavy atom. The molecule has 2 aliphatic rings. The molecule has 0 bridgehead atoms. The van der Waals surface area contributed by atoms with Crippen LogP contribution in [-0.2, 0) is 16.6 Å². The molecule has 2 aromatic rings. The van der Waals surface area contributed by atoms with Gasteiger partial charge in [-0.25, -0.2) is 8.42 Å². The predicted octanol–water partition coefficient (Wildman–Crippen LogP) is 3.96. The van der Waals surface area contributed by atoms with E-state index in [1.165, 1.54) is 50.8 Å². The molecule has 31 heavy (non-hydrogen) atoms. The lowest BCUT2D eigenvalue weighted by Crippen LogP contribution is -2.26. The van der Waals surface area contributed by atoms with Gasteiger partial charge in [-0.2, -0.15) is 0 Å². The average Bonchev–Trinajstić information content (AvgIpc) is 3.00. The maximum Gasteiger partial charge on any atom is 0.263 e. The molecule has 0 spiro atoms. The number of likely N-dealkylation sites (tertiary alicyclic amines) is 1. The molecule has 7 heteroatoms. The SMILES string of the molecule is O=S1(=O)NC(=NCCCOc2cccc(CN3CCCCCCC3)c2)c2ccccc21. The number of hydrogen-bond acceptors (Lipinski definition) is 5.